The van der Waals surface area contributed by atoms with E-state index in [0.717, 1.165) is 188 Å². The first-order valence-corrected chi connectivity index (χ1v) is 46.5. The molecule has 2 aliphatic carbocycles. The summed E-state index contributed by atoms with van der Waals surface area (Å²) < 4.78 is 9.03. The Balaban J connectivity index is 0.000000100. The predicted octanol–water partition coefficient (Wildman–Crippen LogP) is 28.7. The number of fused-ring (bicyclic) bond motifs is 37. The Morgan fingerprint density at radius 2 is 0.471 bits per heavy atom. The summed E-state index contributed by atoms with van der Waals surface area (Å²) in [6, 6.07) is 132. The van der Waals surface area contributed by atoms with Crippen molar-refractivity contribution in [2.75, 3.05) is 0 Å². The Bertz CT molecular complexity index is 9890. The standard InChI is InChI=1S/C44H26N6.2C39H23N5/c1-3-13-27(14-4-1)43-45-25-34-29-17-7-8-18-30(29)35-26-46-44(48-41(35)40(34)47-43)50-36-21-11-9-19-31(36)32-23-24-38-39(42(32)50)33-20-10-12-22-37(33)49(38)28-15-5-2-6-16-28;2*1-2-10-23(11-3-1)38-40-21-32-27-14-6-7-15-28(27)33-22-41-39(43-37(33)36(32)42-38)44-34-17-9-8-16-29(34)31-19-25-18-24-12-4-5-13-26(24)30(25)20-35(31)44/h1-26H;2*1-17,19-22H,18H2. The fourth-order valence-corrected chi connectivity index (χ4v) is 22.1. The van der Waals surface area contributed by atoms with E-state index in [9.17, 15) is 0 Å². The first-order valence-electron chi connectivity index (χ1n) is 46.5. The molecule has 0 radical (unpaired) electrons. The lowest BCUT2D eigenvalue weighted by Crippen LogP contribution is -2.03. The molecule has 16 nitrogen and oxygen atoms in total. The maximum atomic E-state index is 5.44. The van der Waals surface area contributed by atoms with Crippen LogP contribution in [0.25, 0.3) is 265 Å². The van der Waals surface area contributed by atoms with E-state index < -0.39 is 0 Å². The molecule has 138 heavy (non-hydrogen) atoms. The van der Waals surface area contributed by atoms with Gasteiger partial charge in [-0.05, 0) is 156 Å². The molecule has 0 fully saturated rings. The quantitative estimate of drug-likeness (QED) is 0.138. The molecule has 0 aliphatic heterocycles. The van der Waals surface area contributed by atoms with Crippen LogP contribution in [0.4, 0.5) is 0 Å². The molecule has 10 aromatic heterocycles. The first kappa shape index (κ1) is 76.9. The van der Waals surface area contributed by atoms with Crippen LogP contribution >= 0.6 is 0 Å². The van der Waals surface area contributed by atoms with Crippen molar-refractivity contribution in [3.63, 3.8) is 0 Å². The molecule has 0 saturated carbocycles. The number of nitrogens with zero attached hydrogens (tertiary/aromatic N) is 16. The van der Waals surface area contributed by atoms with Crippen LogP contribution in [0.5, 0.6) is 0 Å². The molecule has 16 heteroatoms. The van der Waals surface area contributed by atoms with E-state index >= 15 is 0 Å². The summed E-state index contributed by atoms with van der Waals surface area (Å²) in [4.78, 5) is 61.1. The van der Waals surface area contributed by atoms with E-state index in [1.165, 1.54) is 76.8 Å². The number of para-hydroxylation sites is 5. The normalized spacial score (nSPS) is 12.3. The second-order valence-electron chi connectivity index (χ2n) is 35.7. The van der Waals surface area contributed by atoms with Crippen LogP contribution in [0.3, 0.4) is 0 Å². The predicted molar refractivity (Wildman–Crippen MR) is 561 cm³/mol. The summed E-state index contributed by atoms with van der Waals surface area (Å²) in [5.74, 6) is 3.89. The van der Waals surface area contributed by atoms with Gasteiger partial charge in [-0.15, -0.1) is 0 Å². The largest absolute Gasteiger partial charge is 0.309 e. The molecule has 29 aromatic rings. The second kappa shape index (κ2) is 30.4. The van der Waals surface area contributed by atoms with Gasteiger partial charge in [0.1, 0.15) is 33.1 Å². The zero-order valence-corrected chi connectivity index (χ0v) is 73.8. The number of hydrogen-bond acceptors (Lipinski definition) is 12. The van der Waals surface area contributed by atoms with Gasteiger partial charge in [0, 0.05) is 135 Å². The van der Waals surface area contributed by atoms with Crippen LogP contribution in [0.1, 0.15) is 22.3 Å². The average Bonchev–Trinajstić information content (AvgIpc) is 1.53. The molecule has 2 aliphatic rings. The average molecular weight is 1760 g/mol. The van der Waals surface area contributed by atoms with Gasteiger partial charge in [0.05, 0.1) is 44.1 Å². The lowest BCUT2D eigenvalue weighted by molar-refractivity contribution is 1.01. The highest BCUT2D eigenvalue weighted by atomic mass is 15.2. The summed E-state index contributed by atoms with van der Waals surface area (Å²) in [5, 5.41) is 21.9. The lowest BCUT2D eigenvalue weighted by atomic mass is 10.0. The van der Waals surface area contributed by atoms with Crippen molar-refractivity contribution in [3.05, 3.63) is 436 Å². The third kappa shape index (κ3) is 11.7. The fourth-order valence-electron chi connectivity index (χ4n) is 22.1. The van der Waals surface area contributed by atoms with Gasteiger partial charge in [0.25, 0.3) is 0 Å². The highest BCUT2D eigenvalue weighted by molar-refractivity contribution is 6.29. The van der Waals surface area contributed by atoms with E-state index in [2.05, 4.69) is 303 Å². The Labute approximate surface area is 786 Å². The van der Waals surface area contributed by atoms with Crippen LogP contribution in [0.15, 0.2) is 413 Å². The number of rotatable bonds is 7. The van der Waals surface area contributed by atoms with Gasteiger partial charge in [0.15, 0.2) is 17.5 Å². The first-order chi connectivity index (χ1) is 68.5. The highest BCUT2D eigenvalue weighted by Crippen LogP contribution is 2.49. The van der Waals surface area contributed by atoms with Gasteiger partial charge in [-0.25, -0.2) is 59.8 Å². The molecular weight excluding hydrogens is 1690 g/mol. The molecule has 0 saturated heterocycles. The summed E-state index contributed by atoms with van der Waals surface area (Å²) in [6.45, 7) is 0. The minimum atomic E-state index is 0.601. The molecule has 0 N–H and O–H groups in total. The molecule has 0 atom stereocenters. The minimum absolute atomic E-state index is 0.601. The van der Waals surface area contributed by atoms with Gasteiger partial charge < -0.3 is 4.57 Å². The van der Waals surface area contributed by atoms with Crippen molar-refractivity contribution >= 4 is 185 Å². The zero-order chi connectivity index (χ0) is 90.3. The molecule has 640 valence electrons. The smallest absolute Gasteiger partial charge is 0.235 e. The summed E-state index contributed by atoms with van der Waals surface area (Å²) in [7, 11) is 0. The molecule has 10 heterocycles. The minimum Gasteiger partial charge on any atom is -0.309 e. The van der Waals surface area contributed by atoms with Crippen molar-refractivity contribution in [2.24, 2.45) is 0 Å². The zero-order valence-electron chi connectivity index (χ0n) is 73.8. The van der Waals surface area contributed by atoms with Gasteiger partial charge in [-0.1, -0.05) is 309 Å². The van der Waals surface area contributed by atoms with Crippen LogP contribution in [-0.4, -0.2) is 78.1 Å². The summed E-state index contributed by atoms with van der Waals surface area (Å²) in [6.07, 6.45) is 13.6. The number of aromatic nitrogens is 16. The van der Waals surface area contributed by atoms with Gasteiger partial charge in [0.2, 0.25) is 17.8 Å². The maximum absolute atomic E-state index is 5.44. The lowest BCUT2D eigenvalue weighted by Gasteiger charge is -2.12. The van der Waals surface area contributed by atoms with Crippen LogP contribution < -0.4 is 0 Å². The van der Waals surface area contributed by atoms with E-state index in [0.29, 0.717) is 35.3 Å². The molecule has 0 amide bonds. The van der Waals surface area contributed by atoms with E-state index in [1.807, 2.05) is 128 Å². The molecular formula is C122H72N16. The topological polar surface area (TPSA) is 174 Å². The fraction of sp³-hybridized carbons (Fsp3) is 0.0164. The van der Waals surface area contributed by atoms with Crippen molar-refractivity contribution in [1.29, 1.82) is 0 Å². The SMILES string of the molecule is c1ccc(-c2ncc3c4ccccc4c4cnc(-n5c6ccccc6c6cc7c(cc65)-c5ccccc5C7)nc4c3n2)cc1.c1ccc(-c2ncc3c4ccccc4c4cnc(-n5c6ccccc6c6cc7c(cc65)-c5ccccc5C7)nc4c3n2)cc1.c1ccc(-c2ncc3c4ccccc4c4cnc(-n5c6ccccc6c6ccc7c(c8ccccc8n7-c7ccccc7)c65)nc4c3n2)cc1. The van der Waals surface area contributed by atoms with Crippen LogP contribution in [-0.2, 0) is 12.8 Å². The van der Waals surface area contributed by atoms with Crippen molar-refractivity contribution in [1.82, 2.24) is 78.1 Å². The molecule has 0 spiro atoms. The van der Waals surface area contributed by atoms with Crippen LogP contribution in [0.2, 0.25) is 0 Å². The molecule has 0 unspecified atom stereocenters. The third-order valence-corrected chi connectivity index (χ3v) is 28.2. The Morgan fingerprint density at radius 3 is 0.862 bits per heavy atom. The molecule has 19 aromatic carbocycles. The third-order valence-electron chi connectivity index (χ3n) is 28.2. The van der Waals surface area contributed by atoms with Gasteiger partial charge >= 0.3 is 0 Å². The molecule has 0 bridgehead atoms. The van der Waals surface area contributed by atoms with Crippen molar-refractivity contribution < 1.29 is 0 Å². The van der Waals surface area contributed by atoms with Gasteiger partial charge in [-0.3, -0.25) is 13.7 Å². The van der Waals surface area contributed by atoms with Gasteiger partial charge in [-0.2, -0.15) is 0 Å². The Hall–Kier alpha value is -18.8. The molecule has 31 rings (SSSR count). The van der Waals surface area contributed by atoms with E-state index in [1.54, 1.807) is 0 Å². The number of benzene rings is 19. The van der Waals surface area contributed by atoms with Crippen LogP contribution in [0, 0.1) is 0 Å². The maximum Gasteiger partial charge on any atom is 0.235 e. The number of hydrogen-bond donors (Lipinski definition) is 0. The van der Waals surface area contributed by atoms with E-state index in [4.69, 9.17) is 59.8 Å². The Kier molecular flexibility index (Phi) is 16.9. The van der Waals surface area contributed by atoms with E-state index in [-0.39, 0.29) is 0 Å². The van der Waals surface area contributed by atoms with Crippen molar-refractivity contribution in [2.45, 2.75) is 12.8 Å². The summed E-state index contributed by atoms with van der Waals surface area (Å²) >= 11 is 0. The Morgan fingerprint density at radius 1 is 0.174 bits per heavy atom. The highest BCUT2D eigenvalue weighted by Gasteiger charge is 2.30. The monoisotopic (exact) mass is 1760 g/mol. The second-order valence-corrected chi connectivity index (χ2v) is 35.7. The van der Waals surface area contributed by atoms with Crippen molar-refractivity contribution in [3.8, 4) is 79.9 Å². The summed E-state index contributed by atoms with van der Waals surface area (Å²) in [5.41, 5.74) is 28.4.